The molecular formula is C13H22. The van der Waals surface area contributed by atoms with Crippen molar-refractivity contribution in [2.75, 3.05) is 0 Å². The summed E-state index contributed by atoms with van der Waals surface area (Å²) in [5, 5.41) is 0. The highest BCUT2D eigenvalue weighted by atomic mass is 13.9. The molecule has 0 aliphatic carbocycles. The molecular weight excluding hydrogens is 156 g/mol. The van der Waals surface area contributed by atoms with Gasteiger partial charge >= 0.3 is 0 Å². The molecule has 0 fully saturated rings. The van der Waals surface area contributed by atoms with Crippen LogP contribution in [0.25, 0.3) is 0 Å². The Morgan fingerprint density at radius 2 is 1.69 bits per heavy atom. The van der Waals surface area contributed by atoms with Gasteiger partial charge in [0.15, 0.2) is 0 Å². The van der Waals surface area contributed by atoms with Crippen molar-refractivity contribution < 1.29 is 0 Å². The Morgan fingerprint density at radius 3 is 2.31 bits per heavy atom. The first-order valence-corrected chi connectivity index (χ1v) is 5.50. The van der Waals surface area contributed by atoms with E-state index in [0.29, 0.717) is 0 Å². The Kier molecular flexibility index (Phi) is 10.7. The van der Waals surface area contributed by atoms with Crippen molar-refractivity contribution in [1.82, 2.24) is 0 Å². The molecule has 0 amide bonds. The highest BCUT2D eigenvalue weighted by Crippen LogP contribution is 2.04. The number of terminal acetylenes is 1. The second-order valence-electron chi connectivity index (χ2n) is 3.42. The van der Waals surface area contributed by atoms with E-state index >= 15 is 0 Å². The maximum atomic E-state index is 5.16. The summed E-state index contributed by atoms with van der Waals surface area (Å²) in [6.07, 6.45) is 19.6. The van der Waals surface area contributed by atoms with Gasteiger partial charge in [0.25, 0.3) is 0 Å². The highest BCUT2D eigenvalue weighted by molar-refractivity contribution is 4.84. The summed E-state index contributed by atoms with van der Waals surface area (Å²) in [5.74, 6) is 2.67. The maximum Gasteiger partial charge on any atom is 0.00860 e. The van der Waals surface area contributed by atoms with E-state index < -0.39 is 0 Å². The summed E-state index contributed by atoms with van der Waals surface area (Å²) < 4.78 is 0. The Labute approximate surface area is 83.4 Å². The molecule has 13 heavy (non-hydrogen) atoms. The summed E-state index contributed by atoms with van der Waals surface area (Å²) in [6.45, 7) is 2.23. The lowest BCUT2D eigenvalue weighted by molar-refractivity contribution is 0.700. The van der Waals surface area contributed by atoms with Gasteiger partial charge in [0, 0.05) is 6.42 Å². The van der Waals surface area contributed by atoms with Crippen LogP contribution in [0.2, 0.25) is 0 Å². The minimum Gasteiger partial charge on any atom is -0.120 e. The molecule has 0 aromatic heterocycles. The van der Waals surface area contributed by atoms with E-state index in [4.69, 9.17) is 6.42 Å². The number of unbranched alkanes of at least 4 members (excludes halogenated alkanes) is 6. The molecule has 0 aliphatic rings. The largest absolute Gasteiger partial charge is 0.120 e. The average molecular weight is 178 g/mol. The fourth-order valence-corrected chi connectivity index (χ4v) is 1.22. The van der Waals surface area contributed by atoms with E-state index in [1.54, 1.807) is 0 Å². The normalized spacial score (nSPS) is 10.5. The zero-order valence-electron chi connectivity index (χ0n) is 8.89. The van der Waals surface area contributed by atoms with Crippen LogP contribution in [0.4, 0.5) is 0 Å². The van der Waals surface area contributed by atoms with Crippen LogP contribution in [0.15, 0.2) is 12.2 Å². The molecule has 0 N–H and O–H groups in total. The van der Waals surface area contributed by atoms with E-state index in [2.05, 4.69) is 25.0 Å². The number of hydrogen-bond acceptors (Lipinski definition) is 0. The van der Waals surface area contributed by atoms with Gasteiger partial charge in [-0.2, -0.15) is 0 Å². The number of rotatable bonds is 8. The standard InChI is InChI=1S/C13H22/c1-3-5-7-9-11-13-12-10-8-6-4-2/h1,10,12H,4-9,11,13H2,2H3. The lowest BCUT2D eigenvalue weighted by Crippen LogP contribution is -1.75. The summed E-state index contributed by atoms with van der Waals surface area (Å²) in [7, 11) is 0. The quantitative estimate of drug-likeness (QED) is 0.295. The Hall–Kier alpha value is -0.700. The molecule has 0 unspecified atom stereocenters. The fraction of sp³-hybridized carbons (Fsp3) is 0.692. The zero-order valence-corrected chi connectivity index (χ0v) is 8.89. The molecule has 0 atom stereocenters. The number of hydrogen-bond donors (Lipinski definition) is 0. The molecule has 0 heterocycles. The average Bonchev–Trinajstić information content (AvgIpc) is 2.16. The molecule has 0 saturated heterocycles. The van der Waals surface area contributed by atoms with Crippen LogP contribution in [0, 0.1) is 12.3 Å². The van der Waals surface area contributed by atoms with Crippen molar-refractivity contribution in [2.24, 2.45) is 0 Å². The third kappa shape index (κ3) is 11.3. The summed E-state index contributed by atoms with van der Waals surface area (Å²) in [6, 6.07) is 0. The van der Waals surface area contributed by atoms with Crippen LogP contribution in [0.1, 0.15) is 58.3 Å². The summed E-state index contributed by atoms with van der Waals surface area (Å²) >= 11 is 0. The molecule has 0 aliphatic heterocycles. The number of allylic oxidation sites excluding steroid dienone is 2. The van der Waals surface area contributed by atoms with Gasteiger partial charge in [-0.25, -0.2) is 0 Å². The lowest BCUT2D eigenvalue weighted by Gasteiger charge is -1.93. The second kappa shape index (κ2) is 11.3. The molecule has 0 radical (unpaired) electrons. The summed E-state index contributed by atoms with van der Waals surface area (Å²) in [5.41, 5.74) is 0. The van der Waals surface area contributed by atoms with Gasteiger partial charge in [0.05, 0.1) is 0 Å². The topological polar surface area (TPSA) is 0 Å². The molecule has 74 valence electrons. The van der Waals surface area contributed by atoms with Gasteiger partial charge in [-0.15, -0.1) is 12.3 Å². The van der Waals surface area contributed by atoms with Gasteiger partial charge in [-0.05, 0) is 25.7 Å². The van der Waals surface area contributed by atoms with E-state index in [0.717, 1.165) is 6.42 Å². The highest BCUT2D eigenvalue weighted by Gasteiger charge is 1.85. The Balaban J connectivity index is 2.98. The van der Waals surface area contributed by atoms with Crippen LogP contribution in [0.5, 0.6) is 0 Å². The first-order valence-electron chi connectivity index (χ1n) is 5.50. The van der Waals surface area contributed by atoms with Crippen LogP contribution in [0.3, 0.4) is 0 Å². The van der Waals surface area contributed by atoms with Crippen molar-refractivity contribution in [3.8, 4) is 12.3 Å². The van der Waals surface area contributed by atoms with E-state index in [9.17, 15) is 0 Å². The van der Waals surface area contributed by atoms with Crippen LogP contribution < -0.4 is 0 Å². The Morgan fingerprint density at radius 1 is 1.00 bits per heavy atom. The van der Waals surface area contributed by atoms with Gasteiger partial charge in [0.1, 0.15) is 0 Å². The van der Waals surface area contributed by atoms with E-state index in [-0.39, 0.29) is 0 Å². The fourth-order valence-electron chi connectivity index (χ4n) is 1.22. The molecule has 0 bridgehead atoms. The van der Waals surface area contributed by atoms with E-state index in [1.807, 2.05) is 0 Å². The van der Waals surface area contributed by atoms with E-state index in [1.165, 1.54) is 44.9 Å². The molecule has 0 nitrogen and oxygen atoms in total. The minimum absolute atomic E-state index is 0.944. The van der Waals surface area contributed by atoms with Crippen LogP contribution in [-0.4, -0.2) is 0 Å². The Bertz CT molecular complexity index is 148. The third-order valence-corrected chi connectivity index (χ3v) is 2.08. The molecule has 0 heteroatoms. The van der Waals surface area contributed by atoms with Gasteiger partial charge in [-0.3, -0.25) is 0 Å². The second-order valence-corrected chi connectivity index (χ2v) is 3.42. The van der Waals surface area contributed by atoms with Crippen molar-refractivity contribution in [2.45, 2.75) is 58.3 Å². The first kappa shape index (κ1) is 12.3. The SMILES string of the molecule is C#CCCCCCC=CCCCC. The van der Waals surface area contributed by atoms with Crippen LogP contribution in [-0.2, 0) is 0 Å². The zero-order chi connectivity index (χ0) is 9.78. The van der Waals surface area contributed by atoms with Gasteiger partial charge < -0.3 is 0 Å². The monoisotopic (exact) mass is 178 g/mol. The molecule has 0 aromatic carbocycles. The lowest BCUT2D eigenvalue weighted by atomic mass is 10.1. The van der Waals surface area contributed by atoms with Crippen LogP contribution >= 0.6 is 0 Å². The smallest absolute Gasteiger partial charge is 0.00860 e. The molecule has 0 spiro atoms. The van der Waals surface area contributed by atoms with Crippen molar-refractivity contribution in [1.29, 1.82) is 0 Å². The predicted molar refractivity (Wildman–Crippen MR) is 60.6 cm³/mol. The van der Waals surface area contributed by atoms with Gasteiger partial charge in [0.2, 0.25) is 0 Å². The predicted octanol–water partition coefficient (Wildman–Crippen LogP) is 4.32. The van der Waals surface area contributed by atoms with Crippen molar-refractivity contribution in [3.05, 3.63) is 12.2 Å². The van der Waals surface area contributed by atoms with Gasteiger partial charge in [-0.1, -0.05) is 38.3 Å². The molecule has 0 rings (SSSR count). The molecule has 0 aromatic rings. The van der Waals surface area contributed by atoms with Crippen molar-refractivity contribution in [3.63, 3.8) is 0 Å². The van der Waals surface area contributed by atoms with Crippen molar-refractivity contribution >= 4 is 0 Å². The summed E-state index contributed by atoms with van der Waals surface area (Å²) in [4.78, 5) is 0. The molecule has 0 saturated carbocycles. The maximum absolute atomic E-state index is 5.16. The minimum atomic E-state index is 0.944. The third-order valence-electron chi connectivity index (χ3n) is 2.08. The first-order chi connectivity index (χ1) is 6.41.